The Kier molecular flexibility index (Phi) is 2.81. The van der Waals surface area contributed by atoms with Gasteiger partial charge in [0, 0.05) is 4.47 Å². The van der Waals surface area contributed by atoms with Gasteiger partial charge < -0.3 is 0 Å². The van der Waals surface area contributed by atoms with Crippen LogP contribution >= 0.6 is 15.9 Å². The van der Waals surface area contributed by atoms with Crippen LogP contribution in [0.4, 0.5) is 0 Å². The van der Waals surface area contributed by atoms with Crippen LogP contribution in [0.3, 0.4) is 0 Å². The molecule has 0 aromatic heterocycles. The Morgan fingerprint density at radius 1 is 0.516 bits per heavy atom. The number of halogens is 1. The molecule has 0 radical (unpaired) electrons. The lowest BCUT2D eigenvalue weighted by atomic mass is 9.91. The summed E-state index contributed by atoms with van der Waals surface area (Å²) in [5.74, 6) is 0. The van der Waals surface area contributed by atoms with E-state index in [1.165, 1.54) is 0 Å². The van der Waals surface area contributed by atoms with E-state index >= 15 is 0 Å². The molecule has 6 aromatic rings. The van der Waals surface area contributed by atoms with Crippen molar-refractivity contribution < 1.29 is 11.0 Å². The van der Waals surface area contributed by atoms with Crippen molar-refractivity contribution in [3.05, 3.63) is 120 Å². The lowest BCUT2D eigenvalue weighted by molar-refractivity contribution is 1.63. The van der Waals surface area contributed by atoms with E-state index < -0.39 is 24.2 Å². The van der Waals surface area contributed by atoms with Crippen LogP contribution in [0.15, 0.2) is 120 Å². The average Bonchev–Trinajstić information content (AvgIpc) is 2.96. The van der Waals surface area contributed by atoms with Crippen molar-refractivity contribution in [2.24, 2.45) is 0 Å². The smallest absolute Gasteiger partial charge is 0.0616 e. The maximum atomic E-state index is 8.76. The molecule has 0 spiro atoms. The predicted molar refractivity (Wildman–Crippen MR) is 138 cm³/mol. The van der Waals surface area contributed by atoms with Crippen LogP contribution in [0, 0.1) is 0 Å². The Morgan fingerprint density at radius 3 is 1.68 bits per heavy atom. The molecule has 0 fully saturated rings. The third kappa shape index (κ3) is 3.05. The van der Waals surface area contributed by atoms with Crippen molar-refractivity contribution in [2.75, 3.05) is 0 Å². The fourth-order valence-electron chi connectivity index (χ4n) is 4.07. The van der Waals surface area contributed by atoms with Gasteiger partial charge in [-0.2, -0.15) is 0 Å². The van der Waals surface area contributed by atoms with Gasteiger partial charge in [-0.3, -0.25) is 0 Å². The monoisotopic (exact) mass is 466 g/mol. The molecule has 0 heterocycles. The molecular formula is C30H19Br. The van der Waals surface area contributed by atoms with Gasteiger partial charge in [0.15, 0.2) is 0 Å². The minimum absolute atomic E-state index is 0.173. The molecule has 0 saturated carbocycles. The Bertz CT molecular complexity index is 1920. The molecular weight excluding hydrogens is 440 g/mol. The zero-order valence-corrected chi connectivity index (χ0v) is 17.8. The first-order chi connectivity index (χ1) is 18.6. The first kappa shape index (κ1) is 11.8. The highest BCUT2D eigenvalue weighted by Gasteiger charge is 2.13. The highest BCUT2D eigenvalue weighted by Crippen LogP contribution is 2.41. The van der Waals surface area contributed by atoms with Gasteiger partial charge >= 0.3 is 0 Å². The number of hydrogen-bond donors (Lipinski definition) is 0. The summed E-state index contributed by atoms with van der Waals surface area (Å²) < 4.78 is 68.1. The molecule has 0 atom stereocenters. The molecule has 0 aliphatic rings. The average molecular weight is 467 g/mol. The molecule has 1 heteroatoms. The van der Waals surface area contributed by atoms with Crippen LogP contribution < -0.4 is 0 Å². The van der Waals surface area contributed by atoms with E-state index in [1.807, 2.05) is 48.5 Å². The van der Waals surface area contributed by atoms with Crippen LogP contribution in [-0.4, -0.2) is 0 Å². The molecule has 0 aliphatic carbocycles. The summed E-state index contributed by atoms with van der Waals surface area (Å²) in [6, 6.07) is 19.0. The highest BCUT2D eigenvalue weighted by molar-refractivity contribution is 9.10. The standard InChI is InChI=1S/C30H19Br/c31-30-27-11-5-3-9-25(27)29(26-10-4-6-12-28(26)30)22-16-13-21(14-17-22)24-18-15-20-7-1-2-8-23(20)19-24/h1-19H/i3D,4D,5D,6D,9D,10D,11D,12D. The van der Waals surface area contributed by atoms with Crippen LogP contribution in [0.25, 0.3) is 54.6 Å². The van der Waals surface area contributed by atoms with Gasteiger partial charge in [-0.15, -0.1) is 0 Å². The van der Waals surface area contributed by atoms with Crippen molar-refractivity contribution >= 4 is 48.2 Å². The van der Waals surface area contributed by atoms with E-state index in [-0.39, 0.29) is 50.2 Å². The van der Waals surface area contributed by atoms with Crippen LogP contribution in [-0.2, 0) is 0 Å². The Balaban J connectivity index is 1.71. The van der Waals surface area contributed by atoms with Gasteiger partial charge in [-0.05, 0) is 76.6 Å². The second-order valence-corrected chi connectivity index (χ2v) is 8.12. The van der Waals surface area contributed by atoms with Gasteiger partial charge in [0.1, 0.15) is 0 Å². The van der Waals surface area contributed by atoms with Crippen molar-refractivity contribution in [1.82, 2.24) is 0 Å². The summed E-state index contributed by atoms with van der Waals surface area (Å²) in [7, 11) is 0. The number of fused-ring (bicyclic) bond motifs is 3. The van der Waals surface area contributed by atoms with Crippen LogP contribution in [0.2, 0.25) is 0 Å². The molecule has 31 heavy (non-hydrogen) atoms. The molecule has 6 rings (SSSR count). The lowest BCUT2D eigenvalue weighted by Gasteiger charge is -2.15. The largest absolute Gasteiger partial charge is 0.0630 e. The SMILES string of the molecule is [2H]c1c([2H])c([2H])c2c(-c3ccc(-c4ccc5ccccc5c4)cc3)c3c([2H])c([2H])c([2H])c([2H])c3c(Br)c2c1[2H]. The van der Waals surface area contributed by atoms with Crippen molar-refractivity contribution in [3.63, 3.8) is 0 Å². The summed E-state index contributed by atoms with van der Waals surface area (Å²) in [6.07, 6.45) is 0. The maximum absolute atomic E-state index is 8.76. The van der Waals surface area contributed by atoms with Crippen LogP contribution in [0.5, 0.6) is 0 Å². The second-order valence-electron chi connectivity index (χ2n) is 7.33. The molecule has 6 aromatic carbocycles. The zero-order chi connectivity index (χ0) is 27.7. The van der Waals surface area contributed by atoms with Crippen molar-refractivity contribution in [2.45, 2.75) is 0 Å². The fourth-order valence-corrected chi connectivity index (χ4v) is 4.66. The molecule has 0 N–H and O–H groups in total. The molecule has 0 nitrogen and oxygen atoms in total. The molecule has 0 saturated heterocycles. The number of hydrogen-bond acceptors (Lipinski definition) is 0. The van der Waals surface area contributed by atoms with Crippen molar-refractivity contribution in [1.29, 1.82) is 0 Å². The maximum Gasteiger partial charge on any atom is 0.0630 e. The first-order valence-corrected chi connectivity index (χ1v) is 10.6. The minimum atomic E-state index is -0.411. The lowest BCUT2D eigenvalue weighted by Crippen LogP contribution is -1.88. The van der Waals surface area contributed by atoms with Gasteiger partial charge in [-0.1, -0.05) is 109 Å². The Labute approximate surface area is 201 Å². The molecule has 0 aliphatic heterocycles. The van der Waals surface area contributed by atoms with E-state index in [0.29, 0.717) is 11.1 Å². The van der Waals surface area contributed by atoms with Gasteiger partial charge in [0.25, 0.3) is 0 Å². The first-order valence-electron chi connectivity index (χ1n) is 13.8. The highest BCUT2D eigenvalue weighted by atomic mass is 79.9. The fraction of sp³-hybridized carbons (Fsp3) is 0. The van der Waals surface area contributed by atoms with Gasteiger partial charge in [0.2, 0.25) is 0 Å². The van der Waals surface area contributed by atoms with Gasteiger partial charge in [-0.25, -0.2) is 0 Å². The summed E-state index contributed by atoms with van der Waals surface area (Å²) in [6.45, 7) is 0. The third-order valence-corrected chi connectivity index (χ3v) is 6.36. The zero-order valence-electron chi connectivity index (χ0n) is 24.2. The quantitative estimate of drug-likeness (QED) is 0.223. The molecule has 146 valence electrons. The summed E-state index contributed by atoms with van der Waals surface area (Å²) >= 11 is 3.44. The normalized spacial score (nSPS) is 15.0. The van der Waals surface area contributed by atoms with E-state index in [9.17, 15) is 0 Å². The summed E-state index contributed by atoms with van der Waals surface area (Å²) in [4.78, 5) is 0. The Morgan fingerprint density at radius 2 is 1.03 bits per heavy atom. The van der Waals surface area contributed by atoms with E-state index in [2.05, 4.69) is 34.1 Å². The minimum Gasteiger partial charge on any atom is -0.0616 e. The van der Waals surface area contributed by atoms with E-state index in [1.54, 1.807) is 0 Å². The third-order valence-electron chi connectivity index (χ3n) is 5.57. The number of rotatable bonds is 2. The Hall–Kier alpha value is -3.42. The number of benzene rings is 6. The predicted octanol–water partition coefficient (Wildman–Crippen LogP) is 9.24. The van der Waals surface area contributed by atoms with E-state index in [0.717, 1.165) is 21.9 Å². The summed E-state index contributed by atoms with van der Waals surface area (Å²) in [5.41, 5.74) is 2.87. The molecule has 0 amide bonds. The summed E-state index contributed by atoms with van der Waals surface area (Å²) in [5, 5.41) is 2.98. The van der Waals surface area contributed by atoms with Crippen molar-refractivity contribution in [3.8, 4) is 22.3 Å². The molecule has 0 unspecified atom stereocenters. The second kappa shape index (κ2) is 7.37. The topological polar surface area (TPSA) is 0 Å². The van der Waals surface area contributed by atoms with Crippen LogP contribution in [0.1, 0.15) is 11.0 Å². The molecule has 0 bridgehead atoms. The van der Waals surface area contributed by atoms with E-state index in [4.69, 9.17) is 11.0 Å². The van der Waals surface area contributed by atoms with Gasteiger partial charge in [0.05, 0.1) is 11.0 Å².